The lowest BCUT2D eigenvalue weighted by Gasteiger charge is -2.35. The van der Waals surface area contributed by atoms with Crippen LogP contribution < -0.4 is 15.4 Å². The average molecular weight is 487 g/mol. The summed E-state index contributed by atoms with van der Waals surface area (Å²) in [5, 5.41) is 6.18. The molecule has 3 amide bonds. The zero-order valence-electron chi connectivity index (χ0n) is 19.7. The number of carbonyl (C=O) groups is 3. The van der Waals surface area contributed by atoms with Crippen LogP contribution in [0.2, 0.25) is 5.02 Å². The van der Waals surface area contributed by atoms with Crippen molar-refractivity contribution in [2.24, 2.45) is 11.8 Å². The minimum absolute atomic E-state index is 0.0869. The highest BCUT2D eigenvalue weighted by Crippen LogP contribution is 2.21. The van der Waals surface area contributed by atoms with E-state index < -0.39 is 6.04 Å². The van der Waals surface area contributed by atoms with Gasteiger partial charge in [-0.2, -0.15) is 0 Å². The van der Waals surface area contributed by atoms with Gasteiger partial charge in [0.2, 0.25) is 11.8 Å². The van der Waals surface area contributed by atoms with Crippen molar-refractivity contribution in [3.63, 3.8) is 0 Å². The van der Waals surface area contributed by atoms with Crippen LogP contribution >= 0.6 is 11.6 Å². The van der Waals surface area contributed by atoms with Crippen molar-refractivity contribution in [1.82, 2.24) is 15.2 Å². The Morgan fingerprint density at radius 3 is 2.35 bits per heavy atom. The van der Waals surface area contributed by atoms with Gasteiger partial charge >= 0.3 is 0 Å². The van der Waals surface area contributed by atoms with Crippen LogP contribution in [0.4, 0.5) is 5.82 Å². The molecule has 1 aliphatic heterocycles. The van der Waals surface area contributed by atoms with Crippen molar-refractivity contribution in [3.8, 4) is 5.75 Å². The van der Waals surface area contributed by atoms with E-state index in [1.807, 2.05) is 20.8 Å². The topological polar surface area (TPSA) is 101 Å². The Balaban J connectivity index is 1.55. The average Bonchev–Trinajstić information content (AvgIpc) is 2.84. The zero-order chi connectivity index (χ0) is 24.7. The van der Waals surface area contributed by atoms with Gasteiger partial charge in [-0.15, -0.1) is 0 Å². The molecule has 1 fully saturated rings. The first-order valence-electron chi connectivity index (χ1n) is 11.5. The first kappa shape index (κ1) is 25.5. The van der Waals surface area contributed by atoms with Gasteiger partial charge in [0.25, 0.3) is 5.91 Å². The van der Waals surface area contributed by atoms with Crippen LogP contribution in [0.3, 0.4) is 0 Å². The lowest BCUT2D eigenvalue weighted by Crippen LogP contribution is -2.53. The number of nitrogens with one attached hydrogen (secondary N) is 2. The molecule has 1 atom stereocenters. The van der Waals surface area contributed by atoms with E-state index in [0.717, 1.165) is 0 Å². The van der Waals surface area contributed by atoms with E-state index in [1.54, 1.807) is 41.3 Å². The van der Waals surface area contributed by atoms with Gasteiger partial charge in [0, 0.05) is 30.8 Å². The van der Waals surface area contributed by atoms with Crippen molar-refractivity contribution < 1.29 is 19.1 Å². The van der Waals surface area contributed by atoms with E-state index in [1.165, 1.54) is 6.20 Å². The number of halogens is 1. The largest absolute Gasteiger partial charge is 0.494 e. The van der Waals surface area contributed by atoms with Gasteiger partial charge in [0.05, 0.1) is 11.6 Å². The quantitative estimate of drug-likeness (QED) is 0.591. The molecule has 0 spiro atoms. The van der Waals surface area contributed by atoms with Crippen LogP contribution in [0.5, 0.6) is 5.75 Å². The number of benzene rings is 1. The predicted molar refractivity (Wildman–Crippen MR) is 131 cm³/mol. The summed E-state index contributed by atoms with van der Waals surface area (Å²) in [5.74, 6) is 0.283. The lowest BCUT2D eigenvalue weighted by atomic mass is 9.94. The molecule has 1 aromatic carbocycles. The molecule has 182 valence electrons. The third-order valence-electron chi connectivity index (χ3n) is 5.80. The molecule has 9 heteroatoms. The Hall–Kier alpha value is -3.13. The van der Waals surface area contributed by atoms with Crippen molar-refractivity contribution >= 4 is 35.1 Å². The zero-order valence-corrected chi connectivity index (χ0v) is 20.5. The first-order chi connectivity index (χ1) is 16.3. The number of carbonyl (C=O) groups excluding carboxylic acids is 3. The number of piperidine rings is 1. The summed E-state index contributed by atoms with van der Waals surface area (Å²) in [4.78, 5) is 44.4. The van der Waals surface area contributed by atoms with Gasteiger partial charge in [0.15, 0.2) is 0 Å². The summed E-state index contributed by atoms with van der Waals surface area (Å²) >= 11 is 5.83. The van der Waals surface area contributed by atoms with Crippen LogP contribution in [0.1, 0.15) is 44.0 Å². The molecule has 1 aliphatic rings. The maximum Gasteiger partial charge on any atom is 0.251 e. The Morgan fingerprint density at radius 2 is 1.79 bits per heavy atom. The van der Waals surface area contributed by atoms with E-state index in [-0.39, 0.29) is 29.6 Å². The molecule has 1 saturated heterocycles. The molecule has 0 radical (unpaired) electrons. The molecule has 3 rings (SSSR count). The first-order valence-corrected chi connectivity index (χ1v) is 11.9. The molecular formula is C25H31ClN4O4. The summed E-state index contributed by atoms with van der Waals surface area (Å²) in [6, 6.07) is 9.50. The fourth-order valence-electron chi connectivity index (χ4n) is 3.84. The SMILES string of the molecule is CCOc1ccc(C(=O)NC(C(=O)N2CCC(C(=O)Nc3ccc(Cl)cn3)CC2)C(C)C)cc1. The molecular weight excluding hydrogens is 456 g/mol. The molecule has 2 N–H and O–H groups in total. The second-order valence-electron chi connectivity index (χ2n) is 8.60. The number of rotatable bonds is 8. The normalized spacial score (nSPS) is 15.0. The van der Waals surface area contributed by atoms with Crippen LogP contribution in [0.15, 0.2) is 42.6 Å². The van der Waals surface area contributed by atoms with Crippen LogP contribution in [-0.2, 0) is 9.59 Å². The third kappa shape index (κ3) is 6.70. The number of anilines is 1. The monoisotopic (exact) mass is 486 g/mol. The minimum Gasteiger partial charge on any atom is -0.494 e. The summed E-state index contributed by atoms with van der Waals surface area (Å²) in [6.45, 7) is 7.15. The third-order valence-corrected chi connectivity index (χ3v) is 6.03. The standard InChI is InChI=1S/C25H31ClN4O4/c1-4-34-20-8-5-17(6-9-20)24(32)29-22(16(2)3)25(33)30-13-11-18(12-14-30)23(31)28-21-10-7-19(26)15-27-21/h5-10,15-16,18,22H,4,11-14H2,1-3H3,(H,29,32)(H,27,28,31). The lowest BCUT2D eigenvalue weighted by molar-refractivity contribution is -0.137. The number of ether oxygens (including phenoxy) is 1. The van der Waals surface area contributed by atoms with Gasteiger partial charge in [-0.3, -0.25) is 14.4 Å². The molecule has 0 bridgehead atoms. The number of hydrogen-bond donors (Lipinski definition) is 2. The van der Waals surface area contributed by atoms with Gasteiger partial charge in [-0.05, 0) is 62.1 Å². The highest BCUT2D eigenvalue weighted by Gasteiger charge is 2.33. The molecule has 34 heavy (non-hydrogen) atoms. The molecule has 1 aromatic heterocycles. The fourth-order valence-corrected chi connectivity index (χ4v) is 3.96. The summed E-state index contributed by atoms with van der Waals surface area (Å²) in [6.07, 6.45) is 2.57. The predicted octanol–water partition coefficient (Wildman–Crippen LogP) is 3.77. The Bertz CT molecular complexity index is 987. The van der Waals surface area contributed by atoms with E-state index in [9.17, 15) is 14.4 Å². The number of pyridine rings is 1. The fraction of sp³-hybridized carbons (Fsp3) is 0.440. The summed E-state index contributed by atoms with van der Waals surface area (Å²) in [5.41, 5.74) is 0.466. The second-order valence-corrected chi connectivity index (χ2v) is 9.04. The molecule has 8 nitrogen and oxygen atoms in total. The smallest absolute Gasteiger partial charge is 0.251 e. The number of nitrogens with zero attached hydrogens (tertiary/aromatic N) is 2. The van der Waals surface area contributed by atoms with E-state index in [0.29, 0.717) is 54.7 Å². The highest BCUT2D eigenvalue weighted by molar-refractivity contribution is 6.30. The molecule has 2 heterocycles. The molecule has 1 unspecified atom stereocenters. The van der Waals surface area contributed by atoms with Crippen molar-refractivity contribution in [2.45, 2.75) is 39.7 Å². The number of aromatic nitrogens is 1. The Kier molecular flexibility index (Phi) is 8.87. The van der Waals surface area contributed by atoms with Gasteiger partial charge in [-0.1, -0.05) is 25.4 Å². The second kappa shape index (κ2) is 11.8. The summed E-state index contributed by atoms with van der Waals surface area (Å²) < 4.78 is 5.41. The van der Waals surface area contributed by atoms with Gasteiger partial charge in [0.1, 0.15) is 17.6 Å². The van der Waals surface area contributed by atoms with Gasteiger partial charge < -0.3 is 20.3 Å². The van der Waals surface area contributed by atoms with E-state index in [4.69, 9.17) is 16.3 Å². The van der Waals surface area contributed by atoms with Gasteiger partial charge in [-0.25, -0.2) is 4.98 Å². The maximum atomic E-state index is 13.2. The molecule has 0 aliphatic carbocycles. The van der Waals surface area contributed by atoms with Crippen molar-refractivity contribution in [3.05, 3.63) is 53.2 Å². The number of amides is 3. The van der Waals surface area contributed by atoms with Crippen LogP contribution in [-0.4, -0.2) is 53.3 Å². The minimum atomic E-state index is -0.650. The van der Waals surface area contributed by atoms with Crippen molar-refractivity contribution in [1.29, 1.82) is 0 Å². The Labute approximate surface area is 205 Å². The highest BCUT2D eigenvalue weighted by atomic mass is 35.5. The maximum absolute atomic E-state index is 13.2. The van der Waals surface area contributed by atoms with E-state index >= 15 is 0 Å². The van der Waals surface area contributed by atoms with Crippen molar-refractivity contribution in [2.75, 3.05) is 25.0 Å². The van der Waals surface area contributed by atoms with E-state index in [2.05, 4.69) is 15.6 Å². The van der Waals surface area contributed by atoms with Crippen LogP contribution in [0, 0.1) is 11.8 Å². The van der Waals surface area contributed by atoms with Crippen LogP contribution in [0.25, 0.3) is 0 Å². The molecule has 0 saturated carbocycles. The molecule has 2 aromatic rings. The summed E-state index contributed by atoms with van der Waals surface area (Å²) in [7, 11) is 0. The number of hydrogen-bond acceptors (Lipinski definition) is 5. The Morgan fingerprint density at radius 1 is 1.12 bits per heavy atom. The number of likely N-dealkylation sites (tertiary alicyclic amines) is 1.